The number of likely N-dealkylation sites (N-methyl/N-ethyl adjacent to an activating group) is 2. The van der Waals surface area contributed by atoms with Gasteiger partial charge in [-0.3, -0.25) is 24.5 Å². The zero-order valence-electron chi connectivity index (χ0n) is 19.1. The Bertz CT molecular complexity index is 969. The number of benzene rings is 2. The van der Waals surface area contributed by atoms with Gasteiger partial charge in [0.15, 0.2) is 5.54 Å². The van der Waals surface area contributed by atoms with Crippen molar-refractivity contribution < 1.29 is 24.3 Å². The van der Waals surface area contributed by atoms with Crippen LogP contribution in [0.15, 0.2) is 48.5 Å². The van der Waals surface area contributed by atoms with Crippen LogP contribution in [0.3, 0.4) is 0 Å². The Morgan fingerprint density at radius 1 is 1.00 bits per heavy atom. The van der Waals surface area contributed by atoms with E-state index in [1.807, 2.05) is 24.3 Å². The van der Waals surface area contributed by atoms with Crippen LogP contribution in [-0.4, -0.2) is 78.7 Å². The Kier molecular flexibility index (Phi) is 7.80. The molecule has 2 aromatic carbocycles. The minimum absolute atomic E-state index is 0.311. The molecule has 2 aromatic rings. The Balaban J connectivity index is 1.73. The first-order valence-electron chi connectivity index (χ1n) is 10.8. The molecule has 9 nitrogen and oxygen atoms in total. The molecule has 0 aromatic heterocycles. The summed E-state index contributed by atoms with van der Waals surface area (Å²) in [6.45, 7) is 5.56. The first kappa shape index (κ1) is 24.4. The molecule has 1 aliphatic heterocycles. The van der Waals surface area contributed by atoms with Crippen molar-refractivity contribution in [1.82, 2.24) is 20.6 Å². The van der Waals surface area contributed by atoms with E-state index in [0.29, 0.717) is 5.56 Å². The summed E-state index contributed by atoms with van der Waals surface area (Å²) < 4.78 is 5.39. The van der Waals surface area contributed by atoms with Crippen molar-refractivity contribution in [2.75, 3.05) is 40.4 Å². The smallest absolute Gasteiger partial charge is 0.278 e. The van der Waals surface area contributed by atoms with Crippen LogP contribution < -0.4 is 10.8 Å². The van der Waals surface area contributed by atoms with E-state index in [9.17, 15) is 14.4 Å². The fourth-order valence-electron chi connectivity index (χ4n) is 3.78. The summed E-state index contributed by atoms with van der Waals surface area (Å²) in [6, 6.07) is 15.2. The normalized spacial score (nSPS) is 15.9. The summed E-state index contributed by atoms with van der Waals surface area (Å²) >= 11 is 0. The van der Waals surface area contributed by atoms with Crippen LogP contribution in [0.25, 0.3) is 11.1 Å². The lowest BCUT2D eigenvalue weighted by Crippen LogP contribution is -2.64. The Labute approximate surface area is 193 Å². The van der Waals surface area contributed by atoms with Gasteiger partial charge in [0.25, 0.3) is 17.7 Å². The highest BCUT2D eigenvalue weighted by atomic mass is 16.5. The van der Waals surface area contributed by atoms with Gasteiger partial charge in [-0.15, -0.1) is 0 Å². The topological polar surface area (TPSA) is 111 Å². The second-order valence-electron chi connectivity index (χ2n) is 8.12. The number of ether oxygens (including phenoxy) is 1. The van der Waals surface area contributed by atoms with Crippen molar-refractivity contribution in [3.8, 4) is 11.1 Å². The second-order valence-corrected chi connectivity index (χ2v) is 8.12. The SMILES string of the molecule is CNC(=O)[C@@](C)(C(=O)NO)N(C)C(=O)c1ccc(-c2ccc(CN3CCOCC3)cc2)cc1. The predicted molar refractivity (Wildman–Crippen MR) is 122 cm³/mol. The number of rotatable bonds is 7. The molecular formula is C24H30N4O5. The zero-order chi connectivity index (χ0) is 24.0. The van der Waals surface area contributed by atoms with Gasteiger partial charge < -0.3 is 15.0 Å². The number of nitrogens with zero attached hydrogens (tertiary/aromatic N) is 2. The molecule has 9 heteroatoms. The molecule has 1 fully saturated rings. The highest BCUT2D eigenvalue weighted by Gasteiger charge is 2.47. The summed E-state index contributed by atoms with van der Waals surface area (Å²) in [5.41, 5.74) is 3.04. The second kappa shape index (κ2) is 10.6. The molecule has 1 atom stereocenters. The highest BCUT2D eigenvalue weighted by molar-refractivity contribution is 6.12. The van der Waals surface area contributed by atoms with E-state index in [1.54, 1.807) is 12.1 Å². The van der Waals surface area contributed by atoms with Crippen molar-refractivity contribution in [2.45, 2.75) is 19.0 Å². The van der Waals surface area contributed by atoms with Gasteiger partial charge in [-0.05, 0) is 35.7 Å². The molecule has 33 heavy (non-hydrogen) atoms. The molecule has 1 aliphatic rings. The van der Waals surface area contributed by atoms with Gasteiger partial charge in [0.1, 0.15) is 0 Å². The van der Waals surface area contributed by atoms with Gasteiger partial charge in [-0.2, -0.15) is 0 Å². The zero-order valence-corrected chi connectivity index (χ0v) is 19.1. The minimum atomic E-state index is -1.92. The van der Waals surface area contributed by atoms with E-state index in [0.717, 1.165) is 48.9 Å². The monoisotopic (exact) mass is 454 g/mol. The van der Waals surface area contributed by atoms with Crippen LogP contribution in [0.5, 0.6) is 0 Å². The molecule has 0 bridgehead atoms. The minimum Gasteiger partial charge on any atom is -0.379 e. The third kappa shape index (κ3) is 5.22. The van der Waals surface area contributed by atoms with Gasteiger partial charge >= 0.3 is 0 Å². The van der Waals surface area contributed by atoms with E-state index in [-0.39, 0.29) is 0 Å². The summed E-state index contributed by atoms with van der Waals surface area (Å²) in [7, 11) is 2.69. The lowest BCUT2D eigenvalue weighted by atomic mass is 9.96. The van der Waals surface area contributed by atoms with Crippen LogP contribution in [-0.2, 0) is 20.9 Å². The van der Waals surface area contributed by atoms with Crippen molar-refractivity contribution in [3.05, 3.63) is 59.7 Å². The molecule has 1 heterocycles. The lowest BCUT2D eigenvalue weighted by molar-refractivity contribution is -0.148. The predicted octanol–water partition coefficient (Wildman–Crippen LogP) is 1.27. The lowest BCUT2D eigenvalue weighted by Gasteiger charge is -2.34. The van der Waals surface area contributed by atoms with Gasteiger partial charge in [0.05, 0.1) is 13.2 Å². The van der Waals surface area contributed by atoms with Crippen LogP contribution in [0.1, 0.15) is 22.8 Å². The maximum absolute atomic E-state index is 13.0. The molecule has 3 amide bonds. The number of carbonyl (C=O) groups is 3. The van der Waals surface area contributed by atoms with Gasteiger partial charge in [-0.1, -0.05) is 36.4 Å². The quantitative estimate of drug-likeness (QED) is 0.330. The third-order valence-electron chi connectivity index (χ3n) is 6.12. The van der Waals surface area contributed by atoms with E-state index >= 15 is 0 Å². The molecule has 0 radical (unpaired) electrons. The standard InChI is InChI=1S/C24H30N4O5/c1-24(22(30)25-2,23(31)26-32)27(3)21(29)20-10-8-19(9-11-20)18-6-4-17(5-7-18)16-28-12-14-33-15-13-28/h4-11,32H,12-16H2,1-3H3,(H,25,30)(H,26,31)/t24-/m0/s1. The number of hydrogen-bond acceptors (Lipinski definition) is 6. The number of morpholine rings is 1. The molecule has 3 N–H and O–H groups in total. The van der Waals surface area contributed by atoms with Crippen molar-refractivity contribution in [2.24, 2.45) is 0 Å². The van der Waals surface area contributed by atoms with Crippen molar-refractivity contribution >= 4 is 17.7 Å². The Hall–Kier alpha value is -3.27. The average molecular weight is 455 g/mol. The number of hydroxylamine groups is 1. The highest BCUT2D eigenvalue weighted by Crippen LogP contribution is 2.23. The fourth-order valence-corrected chi connectivity index (χ4v) is 3.78. The first-order valence-corrected chi connectivity index (χ1v) is 10.8. The molecule has 0 aliphatic carbocycles. The Morgan fingerprint density at radius 3 is 2.06 bits per heavy atom. The molecule has 1 saturated heterocycles. The molecule has 0 saturated carbocycles. The summed E-state index contributed by atoms with van der Waals surface area (Å²) in [6.07, 6.45) is 0. The summed E-state index contributed by atoms with van der Waals surface area (Å²) in [5.74, 6) is -2.26. The Morgan fingerprint density at radius 2 is 1.55 bits per heavy atom. The molecule has 3 rings (SSSR count). The van der Waals surface area contributed by atoms with E-state index in [4.69, 9.17) is 9.94 Å². The molecule has 0 unspecified atom stereocenters. The van der Waals surface area contributed by atoms with Crippen molar-refractivity contribution in [1.29, 1.82) is 0 Å². The fraction of sp³-hybridized carbons (Fsp3) is 0.375. The first-order chi connectivity index (χ1) is 15.8. The molecule has 176 valence electrons. The number of hydrogen-bond donors (Lipinski definition) is 3. The van der Waals surface area contributed by atoms with Gasteiger partial charge in [-0.25, -0.2) is 5.48 Å². The van der Waals surface area contributed by atoms with Crippen molar-refractivity contribution in [3.63, 3.8) is 0 Å². The van der Waals surface area contributed by atoms with Crippen LogP contribution in [0, 0.1) is 0 Å². The van der Waals surface area contributed by atoms with Crippen LogP contribution >= 0.6 is 0 Å². The van der Waals surface area contributed by atoms with Gasteiger partial charge in [0.2, 0.25) is 0 Å². The summed E-state index contributed by atoms with van der Waals surface area (Å²) in [4.78, 5) is 40.8. The average Bonchev–Trinajstić information content (AvgIpc) is 2.87. The number of amides is 3. The van der Waals surface area contributed by atoms with E-state index in [1.165, 1.54) is 32.1 Å². The van der Waals surface area contributed by atoms with E-state index in [2.05, 4.69) is 22.3 Å². The largest absolute Gasteiger partial charge is 0.379 e. The maximum atomic E-state index is 13.0. The maximum Gasteiger partial charge on any atom is 0.278 e. The number of nitrogens with one attached hydrogen (secondary N) is 2. The molecule has 0 spiro atoms. The van der Waals surface area contributed by atoms with Crippen LogP contribution in [0.2, 0.25) is 0 Å². The molecular weight excluding hydrogens is 424 g/mol. The van der Waals surface area contributed by atoms with E-state index < -0.39 is 23.3 Å². The van der Waals surface area contributed by atoms with Crippen LogP contribution in [0.4, 0.5) is 0 Å². The number of carbonyl (C=O) groups excluding carboxylic acids is 3. The van der Waals surface area contributed by atoms with Gasteiger partial charge in [0, 0.05) is 39.3 Å². The third-order valence-corrected chi connectivity index (χ3v) is 6.12. The summed E-state index contributed by atoms with van der Waals surface area (Å²) in [5, 5.41) is 11.4.